The lowest BCUT2D eigenvalue weighted by molar-refractivity contribution is 0.0662. The number of aromatic amines is 2. The maximum absolute atomic E-state index is 6.39. The summed E-state index contributed by atoms with van der Waals surface area (Å²) in [5, 5.41) is 9.61. The van der Waals surface area contributed by atoms with Gasteiger partial charge in [-0.3, -0.25) is 4.68 Å². The molecular weight excluding hydrogens is 412 g/mol. The average molecular weight is 433 g/mol. The lowest BCUT2D eigenvalue weighted by Crippen LogP contribution is -2.19. The standard InChI is InChI=1S/C23H21ClN6O/c24-19-10-16(11-21-18(19)3-6-25-21)27-23-28-20-2-1-14(9-22(20)29-23)15-12-26-30(13-15)17-4-7-31-8-5-17/h1-3,6,9-13,17,25H,4-5,7-8H2,(H2,27,28,29). The Labute approximate surface area is 183 Å². The highest BCUT2D eigenvalue weighted by atomic mass is 35.5. The Morgan fingerprint density at radius 1 is 1.06 bits per heavy atom. The molecule has 1 saturated heterocycles. The van der Waals surface area contributed by atoms with E-state index in [1.807, 2.05) is 30.6 Å². The largest absolute Gasteiger partial charge is 0.381 e. The average Bonchev–Trinajstić information content (AvgIpc) is 3.53. The molecule has 156 valence electrons. The summed E-state index contributed by atoms with van der Waals surface area (Å²) in [6, 6.07) is 12.5. The summed E-state index contributed by atoms with van der Waals surface area (Å²) in [5.74, 6) is 0.673. The fraction of sp³-hybridized carbons (Fsp3) is 0.217. The van der Waals surface area contributed by atoms with Crippen molar-refractivity contribution in [1.29, 1.82) is 0 Å². The van der Waals surface area contributed by atoms with Crippen molar-refractivity contribution in [3.63, 3.8) is 0 Å². The first kappa shape index (κ1) is 18.5. The van der Waals surface area contributed by atoms with Gasteiger partial charge in [0, 0.05) is 47.8 Å². The maximum atomic E-state index is 6.39. The summed E-state index contributed by atoms with van der Waals surface area (Å²) < 4.78 is 7.53. The summed E-state index contributed by atoms with van der Waals surface area (Å²) >= 11 is 6.39. The van der Waals surface area contributed by atoms with Gasteiger partial charge in [-0.1, -0.05) is 17.7 Å². The molecule has 8 heteroatoms. The zero-order valence-corrected chi connectivity index (χ0v) is 17.5. The Morgan fingerprint density at radius 3 is 2.87 bits per heavy atom. The van der Waals surface area contributed by atoms with Crippen molar-refractivity contribution >= 4 is 45.2 Å². The van der Waals surface area contributed by atoms with Crippen LogP contribution < -0.4 is 5.32 Å². The second-order valence-corrected chi connectivity index (χ2v) is 8.30. The molecule has 1 aliphatic rings. The van der Waals surface area contributed by atoms with Gasteiger partial charge in [-0.05, 0) is 48.7 Å². The second-order valence-electron chi connectivity index (χ2n) is 7.89. The number of hydrogen-bond donors (Lipinski definition) is 3. The van der Waals surface area contributed by atoms with Crippen LogP contribution in [-0.2, 0) is 4.74 Å². The van der Waals surface area contributed by atoms with Crippen molar-refractivity contribution in [3.05, 3.63) is 60.0 Å². The fourth-order valence-electron chi connectivity index (χ4n) is 4.21. The predicted molar refractivity (Wildman–Crippen MR) is 123 cm³/mol. The highest BCUT2D eigenvalue weighted by Gasteiger charge is 2.17. The van der Waals surface area contributed by atoms with Gasteiger partial charge < -0.3 is 20.0 Å². The Balaban J connectivity index is 1.27. The van der Waals surface area contributed by atoms with Gasteiger partial charge in [0.15, 0.2) is 0 Å². The Hall–Kier alpha value is -3.29. The number of benzene rings is 2. The lowest BCUT2D eigenvalue weighted by atomic mass is 10.1. The minimum atomic E-state index is 0.413. The second kappa shape index (κ2) is 7.44. The number of halogens is 1. The van der Waals surface area contributed by atoms with Crippen molar-refractivity contribution in [2.45, 2.75) is 18.9 Å². The van der Waals surface area contributed by atoms with Gasteiger partial charge >= 0.3 is 0 Å². The summed E-state index contributed by atoms with van der Waals surface area (Å²) in [6.07, 6.45) is 7.94. The molecule has 31 heavy (non-hydrogen) atoms. The molecule has 0 unspecified atom stereocenters. The maximum Gasteiger partial charge on any atom is 0.205 e. The van der Waals surface area contributed by atoms with Crippen molar-refractivity contribution in [2.24, 2.45) is 0 Å². The number of fused-ring (bicyclic) bond motifs is 2. The number of rotatable bonds is 4. The zero-order valence-electron chi connectivity index (χ0n) is 16.7. The number of nitrogens with zero attached hydrogens (tertiary/aromatic N) is 3. The SMILES string of the molecule is Clc1cc(Nc2nc3cc(-c4cnn(C5CCOCC5)c4)ccc3[nH]2)cc2[nH]ccc12. The number of anilines is 2. The molecule has 5 aromatic rings. The van der Waals surface area contributed by atoms with Crippen LogP contribution in [0.25, 0.3) is 33.1 Å². The van der Waals surface area contributed by atoms with Crippen molar-refractivity contribution in [3.8, 4) is 11.1 Å². The molecule has 6 rings (SSSR count). The third-order valence-corrected chi connectivity index (χ3v) is 6.18. The molecule has 1 fully saturated rings. The van der Waals surface area contributed by atoms with Gasteiger partial charge in [0.2, 0.25) is 5.95 Å². The minimum absolute atomic E-state index is 0.413. The molecule has 3 aromatic heterocycles. The zero-order chi connectivity index (χ0) is 20.8. The molecule has 0 atom stereocenters. The molecule has 2 aromatic carbocycles. The number of nitrogens with one attached hydrogen (secondary N) is 3. The van der Waals surface area contributed by atoms with Gasteiger partial charge in [-0.25, -0.2) is 4.98 Å². The van der Waals surface area contributed by atoms with Gasteiger partial charge in [-0.2, -0.15) is 5.10 Å². The van der Waals surface area contributed by atoms with E-state index in [-0.39, 0.29) is 0 Å². The summed E-state index contributed by atoms with van der Waals surface area (Å²) in [6.45, 7) is 1.60. The third kappa shape index (κ3) is 3.45. The van der Waals surface area contributed by atoms with E-state index >= 15 is 0 Å². The van der Waals surface area contributed by atoms with Crippen LogP contribution in [0.5, 0.6) is 0 Å². The topological polar surface area (TPSA) is 83.5 Å². The van der Waals surface area contributed by atoms with E-state index in [9.17, 15) is 0 Å². The molecule has 1 aliphatic heterocycles. The highest BCUT2D eigenvalue weighted by Crippen LogP contribution is 2.30. The van der Waals surface area contributed by atoms with E-state index in [1.54, 1.807) is 0 Å². The van der Waals surface area contributed by atoms with E-state index < -0.39 is 0 Å². The smallest absolute Gasteiger partial charge is 0.205 e. The molecule has 3 N–H and O–H groups in total. The molecule has 0 spiro atoms. The number of hydrogen-bond acceptors (Lipinski definition) is 4. The van der Waals surface area contributed by atoms with Gasteiger partial charge in [-0.15, -0.1) is 0 Å². The normalized spacial score (nSPS) is 15.1. The predicted octanol–water partition coefficient (Wildman–Crippen LogP) is 5.66. The van der Waals surface area contributed by atoms with Crippen LogP contribution in [0.15, 0.2) is 55.0 Å². The molecular formula is C23H21ClN6O. The molecule has 0 amide bonds. The first-order valence-corrected chi connectivity index (χ1v) is 10.8. The number of imidazole rings is 1. The van der Waals surface area contributed by atoms with Crippen molar-refractivity contribution in [1.82, 2.24) is 24.7 Å². The van der Waals surface area contributed by atoms with E-state index in [2.05, 4.69) is 49.5 Å². The first-order chi connectivity index (χ1) is 15.2. The minimum Gasteiger partial charge on any atom is -0.381 e. The van der Waals surface area contributed by atoms with Crippen LogP contribution in [0.3, 0.4) is 0 Å². The van der Waals surface area contributed by atoms with Crippen LogP contribution in [0.2, 0.25) is 5.02 Å². The first-order valence-electron chi connectivity index (χ1n) is 10.4. The van der Waals surface area contributed by atoms with E-state index in [1.165, 1.54) is 0 Å². The van der Waals surface area contributed by atoms with Crippen LogP contribution in [0, 0.1) is 0 Å². The van der Waals surface area contributed by atoms with Crippen LogP contribution in [0.4, 0.5) is 11.6 Å². The Kier molecular flexibility index (Phi) is 4.44. The Bertz CT molecular complexity index is 1380. The molecule has 0 saturated carbocycles. The number of H-pyrrole nitrogens is 2. The van der Waals surface area contributed by atoms with E-state index in [0.29, 0.717) is 17.0 Å². The van der Waals surface area contributed by atoms with Gasteiger partial charge in [0.1, 0.15) is 0 Å². The third-order valence-electron chi connectivity index (χ3n) is 5.86. The van der Waals surface area contributed by atoms with Crippen molar-refractivity contribution in [2.75, 3.05) is 18.5 Å². The highest BCUT2D eigenvalue weighted by molar-refractivity contribution is 6.35. The fourth-order valence-corrected chi connectivity index (χ4v) is 4.49. The molecule has 4 heterocycles. The summed E-state index contributed by atoms with van der Waals surface area (Å²) in [4.78, 5) is 11.2. The molecule has 7 nitrogen and oxygen atoms in total. The quantitative estimate of drug-likeness (QED) is 0.342. The molecule has 0 radical (unpaired) electrons. The van der Waals surface area contributed by atoms with Crippen LogP contribution in [0.1, 0.15) is 18.9 Å². The molecule has 0 aliphatic carbocycles. The molecule has 0 bridgehead atoms. The van der Waals surface area contributed by atoms with E-state index in [4.69, 9.17) is 21.3 Å². The summed E-state index contributed by atoms with van der Waals surface area (Å²) in [7, 11) is 0. The number of aromatic nitrogens is 5. The van der Waals surface area contributed by atoms with Crippen LogP contribution in [-0.4, -0.2) is 37.9 Å². The van der Waals surface area contributed by atoms with Crippen LogP contribution >= 0.6 is 11.6 Å². The number of ether oxygens (including phenoxy) is 1. The van der Waals surface area contributed by atoms with E-state index in [0.717, 1.165) is 64.8 Å². The van der Waals surface area contributed by atoms with Gasteiger partial charge in [0.25, 0.3) is 0 Å². The monoisotopic (exact) mass is 432 g/mol. The lowest BCUT2D eigenvalue weighted by Gasteiger charge is -2.22. The Morgan fingerprint density at radius 2 is 1.97 bits per heavy atom. The summed E-state index contributed by atoms with van der Waals surface area (Å²) in [5.41, 5.74) is 5.91. The van der Waals surface area contributed by atoms with Crippen molar-refractivity contribution < 1.29 is 4.74 Å². The van der Waals surface area contributed by atoms with Gasteiger partial charge in [0.05, 0.1) is 28.3 Å².